The van der Waals surface area contributed by atoms with E-state index in [4.69, 9.17) is 0 Å². The molecule has 1 atom stereocenters. The van der Waals surface area contributed by atoms with Crippen LogP contribution in [0, 0.1) is 5.41 Å². The number of fused-ring (bicyclic) bond motifs is 1. The average Bonchev–Trinajstić information content (AvgIpc) is 3.14. The van der Waals surface area contributed by atoms with Gasteiger partial charge in [0, 0.05) is 0 Å². The van der Waals surface area contributed by atoms with Crippen LogP contribution < -0.4 is 24.8 Å². The van der Waals surface area contributed by atoms with Crippen LogP contribution in [0.1, 0.15) is 89.0 Å². The molecule has 1 unspecified atom stereocenters. The maximum atomic E-state index is 2.65. The molecule has 1 aromatic carbocycles. The van der Waals surface area contributed by atoms with Gasteiger partial charge in [-0.2, -0.15) is 0 Å². The minimum atomic E-state index is -1.06. The molecule has 2 aliphatic rings. The fraction of sp³-hybridized carbons (Fsp3) is 0.556. The molecule has 31 heavy (non-hydrogen) atoms. The Bertz CT molecular complexity index is 843. The number of rotatable bonds is 9. The number of benzene rings is 1. The summed E-state index contributed by atoms with van der Waals surface area (Å²) in [5.41, 5.74) is 8.34. The first-order valence-corrected chi connectivity index (χ1v) is 17.1. The van der Waals surface area contributed by atoms with E-state index in [9.17, 15) is 0 Å². The summed E-state index contributed by atoms with van der Waals surface area (Å²) >= 11 is -1.06. The van der Waals surface area contributed by atoms with Gasteiger partial charge < -0.3 is 24.8 Å². The van der Waals surface area contributed by atoms with Crippen molar-refractivity contribution in [2.75, 3.05) is 12.3 Å². The van der Waals surface area contributed by atoms with Crippen LogP contribution in [0.4, 0.5) is 0 Å². The molecule has 170 valence electrons. The van der Waals surface area contributed by atoms with Gasteiger partial charge in [-0.05, 0) is 0 Å². The minimum Gasteiger partial charge on any atom is -1.00 e. The Balaban J connectivity index is 0.00000240. The van der Waals surface area contributed by atoms with Gasteiger partial charge in [0.1, 0.15) is 0 Å². The second kappa shape index (κ2) is 12.7. The van der Waals surface area contributed by atoms with E-state index in [1.54, 1.807) is 22.3 Å². The molecular formula is C27H39Cl2HfP. The van der Waals surface area contributed by atoms with E-state index in [1.807, 2.05) is 8.64 Å². The molecule has 0 aromatic heterocycles. The molecule has 0 heterocycles. The van der Waals surface area contributed by atoms with Crippen molar-refractivity contribution in [3.05, 3.63) is 60.8 Å². The van der Waals surface area contributed by atoms with Crippen LogP contribution in [0.15, 0.2) is 49.6 Å². The van der Waals surface area contributed by atoms with E-state index in [0.717, 1.165) is 3.67 Å². The van der Waals surface area contributed by atoms with Gasteiger partial charge in [-0.1, -0.05) is 0 Å². The predicted octanol–water partition coefficient (Wildman–Crippen LogP) is 2.91. The molecule has 0 aliphatic heterocycles. The molecule has 2 aliphatic carbocycles. The van der Waals surface area contributed by atoms with Crippen LogP contribution >= 0.6 is 7.92 Å². The number of hydrogen-bond acceptors (Lipinski definition) is 0. The third-order valence-electron chi connectivity index (χ3n) is 7.19. The van der Waals surface area contributed by atoms with Crippen LogP contribution in [0.25, 0.3) is 6.08 Å². The Kier molecular flexibility index (Phi) is 12.0. The molecule has 0 fully saturated rings. The Morgan fingerprint density at radius 2 is 1.48 bits per heavy atom. The van der Waals surface area contributed by atoms with E-state index < -0.39 is 22.9 Å². The normalized spacial score (nSPS) is 19.1. The van der Waals surface area contributed by atoms with Crippen LogP contribution in [0.3, 0.4) is 0 Å². The van der Waals surface area contributed by atoms with Crippen molar-refractivity contribution in [1.82, 2.24) is 0 Å². The Labute approximate surface area is 216 Å². The Hall–Kier alpha value is 0.320. The molecule has 0 N–H and O–H groups in total. The molecule has 3 rings (SSSR count). The summed E-state index contributed by atoms with van der Waals surface area (Å²) in [6.45, 7) is 16.8. The first-order valence-electron chi connectivity index (χ1n) is 11.5. The van der Waals surface area contributed by atoms with Crippen LogP contribution in [0.2, 0.25) is 0 Å². The summed E-state index contributed by atoms with van der Waals surface area (Å²) in [6.07, 6.45) is 11.0. The van der Waals surface area contributed by atoms with E-state index in [2.05, 4.69) is 78.8 Å². The van der Waals surface area contributed by atoms with Gasteiger partial charge in [-0.25, -0.2) is 0 Å². The van der Waals surface area contributed by atoms with Gasteiger partial charge in [0.05, 0.1) is 0 Å². The summed E-state index contributed by atoms with van der Waals surface area (Å²) in [5.74, 6) is 0. The molecule has 0 spiro atoms. The summed E-state index contributed by atoms with van der Waals surface area (Å²) < 4.78 is 2.66. The molecule has 0 bridgehead atoms. The number of hydrogen-bond donors (Lipinski definition) is 0. The van der Waals surface area contributed by atoms with Crippen molar-refractivity contribution >= 4 is 14.0 Å². The maximum absolute atomic E-state index is 2.65. The van der Waals surface area contributed by atoms with Crippen LogP contribution in [-0.2, 0) is 22.9 Å². The fourth-order valence-electron chi connectivity index (χ4n) is 4.83. The summed E-state index contributed by atoms with van der Waals surface area (Å²) in [6, 6.07) is 9.35. The van der Waals surface area contributed by atoms with Gasteiger partial charge >= 0.3 is 193 Å². The van der Waals surface area contributed by atoms with Crippen molar-refractivity contribution < 1.29 is 47.7 Å². The predicted molar refractivity (Wildman–Crippen MR) is 128 cm³/mol. The van der Waals surface area contributed by atoms with Crippen molar-refractivity contribution in [1.29, 1.82) is 0 Å². The zero-order valence-electron chi connectivity index (χ0n) is 20.4. The van der Waals surface area contributed by atoms with E-state index in [-0.39, 0.29) is 38.2 Å². The van der Waals surface area contributed by atoms with E-state index in [1.165, 1.54) is 43.6 Å². The smallest absolute Gasteiger partial charge is 1.00 e. The van der Waals surface area contributed by atoms with Crippen molar-refractivity contribution in [2.24, 2.45) is 5.41 Å². The fourth-order valence-corrected chi connectivity index (χ4v) is 17.1. The topological polar surface area (TPSA) is 0 Å². The van der Waals surface area contributed by atoms with Crippen molar-refractivity contribution in [3.8, 4) is 0 Å². The van der Waals surface area contributed by atoms with Gasteiger partial charge in [-0.3, -0.25) is 0 Å². The van der Waals surface area contributed by atoms with Crippen LogP contribution in [-0.4, -0.2) is 12.3 Å². The first kappa shape index (κ1) is 29.4. The number of unbranched alkanes of at least 4 members (excludes halogenated alkanes) is 2. The SMILES string of the molecule is CCCCP(CCCC)C1=Cc2ccccc2[CH]1[Hf+2][C]1=C(C)C(C)=C(C)C1(C)C.[Cl-].[Cl-]. The Morgan fingerprint density at radius 3 is 2.00 bits per heavy atom. The van der Waals surface area contributed by atoms with E-state index >= 15 is 0 Å². The van der Waals surface area contributed by atoms with Gasteiger partial charge in [0.15, 0.2) is 0 Å². The molecule has 0 radical (unpaired) electrons. The summed E-state index contributed by atoms with van der Waals surface area (Å²) in [5, 5.41) is 1.88. The van der Waals surface area contributed by atoms with E-state index in [0.29, 0.717) is 0 Å². The van der Waals surface area contributed by atoms with Crippen LogP contribution in [0.5, 0.6) is 0 Å². The molecule has 0 saturated heterocycles. The molecule has 1 aromatic rings. The van der Waals surface area contributed by atoms with Gasteiger partial charge in [0.2, 0.25) is 0 Å². The summed E-state index contributed by atoms with van der Waals surface area (Å²) in [4.78, 5) is 0. The molecular weight excluding hydrogens is 605 g/mol. The molecule has 0 saturated carbocycles. The zero-order valence-corrected chi connectivity index (χ0v) is 26.4. The van der Waals surface area contributed by atoms with Crippen molar-refractivity contribution in [2.45, 2.75) is 77.8 Å². The quantitative estimate of drug-likeness (QED) is 0.287. The minimum absolute atomic E-state index is 0. The number of halogens is 2. The monoisotopic (exact) mass is 644 g/mol. The molecule has 0 nitrogen and oxygen atoms in total. The third-order valence-corrected chi connectivity index (χ3v) is 18.8. The maximum Gasteiger partial charge on any atom is -1.00 e. The van der Waals surface area contributed by atoms with Gasteiger partial charge in [0.25, 0.3) is 0 Å². The number of allylic oxidation sites excluding steroid dienone is 5. The molecule has 4 heteroatoms. The average molecular weight is 644 g/mol. The first-order chi connectivity index (χ1) is 13.8. The largest absolute Gasteiger partial charge is 1.00 e. The third kappa shape index (κ3) is 6.07. The summed E-state index contributed by atoms with van der Waals surface area (Å²) in [7, 11) is 0.0268. The van der Waals surface area contributed by atoms with Crippen molar-refractivity contribution in [3.63, 3.8) is 0 Å². The second-order valence-electron chi connectivity index (χ2n) is 9.34. The molecule has 0 amide bonds. The second-order valence-corrected chi connectivity index (χ2v) is 16.7. The Morgan fingerprint density at radius 1 is 0.903 bits per heavy atom. The standard InChI is InChI=1S/C17H24P.C10H15.2ClH.Hf/c1-3-5-11-18(12-6-4-2)17-13-15-9-7-8-10-16(15)14-17;1-7-6-10(4,5)9(3)8(7)2;;;/h7-10,13-14H,3-6,11-12H2,1-2H3;1-5H3;2*1H;/q;;;;+2/p-2. The zero-order chi connectivity index (χ0) is 21.2. The van der Waals surface area contributed by atoms with Gasteiger partial charge in [-0.15, -0.1) is 0 Å².